The molecule has 0 saturated carbocycles. The number of rotatable bonds is 14. The molecule has 0 saturated heterocycles. The second kappa shape index (κ2) is 14.1. The van der Waals surface area contributed by atoms with E-state index in [-0.39, 0.29) is 30.1 Å². The van der Waals surface area contributed by atoms with Gasteiger partial charge in [0.05, 0.1) is 6.04 Å². The molecule has 0 aliphatic rings. The van der Waals surface area contributed by atoms with E-state index >= 15 is 0 Å². The molecule has 0 bridgehead atoms. The minimum absolute atomic E-state index is 0.0431. The lowest BCUT2D eigenvalue weighted by atomic mass is 9.95. The highest BCUT2D eigenvalue weighted by molar-refractivity contribution is 5.94. The summed E-state index contributed by atoms with van der Waals surface area (Å²) < 4.78 is 0. The van der Waals surface area contributed by atoms with E-state index in [1.165, 1.54) is 0 Å². The summed E-state index contributed by atoms with van der Waals surface area (Å²) >= 11 is 0. The zero-order valence-corrected chi connectivity index (χ0v) is 20.9. The van der Waals surface area contributed by atoms with E-state index in [4.69, 9.17) is 5.73 Å². The van der Waals surface area contributed by atoms with E-state index in [9.17, 15) is 24.3 Å². The standard InChI is InChI=1S/C23H44N4O5/c1-9-14(7)17(24)20(28)26-18(13(5)6)21(29)27-19(15(8)10-2)22(30)25-16(23(31)32)11-12(3)4/h12-19H,9-11,24H2,1-8H3,(H,25,30)(H,26,28)(H,27,29)(H,31,32)/t14-,15-,16-,17-,18-,19-/m0/s1. The molecule has 0 heterocycles. The van der Waals surface area contributed by atoms with E-state index in [2.05, 4.69) is 16.0 Å². The quantitative estimate of drug-likeness (QED) is 0.268. The van der Waals surface area contributed by atoms with Gasteiger partial charge in [0.2, 0.25) is 17.7 Å². The van der Waals surface area contributed by atoms with Gasteiger partial charge in [-0.25, -0.2) is 4.79 Å². The number of hydrogen-bond acceptors (Lipinski definition) is 5. The number of carbonyl (C=O) groups excluding carboxylic acids is 3. The highest BCUT2D eigenvalue weighted by Gasteiger charge is 2.34. The van der Waals surface area contributed by atoms with Crippen LogP contribution < -0.4 is 21.7 Å². The van der Waals surface area contributed by atoms with Crippen molar-refractivity contribution in [1.29, 1.82) is 0 Å². The van der Waals surface area contributed by atoms with Crippen molar-refractivity contribution in [3.63, 3.8) is 0 Å². The maximum Gasteiger partial charge on any atom is 0.326 e. The molecule has 9 nitrogen and oxygen atoms in total. The van der Waals surface area contributed by atoms with Gasteiger partial charge in [-0.05, 0) is 30.1 Å². The van der Waals surface area contributed by atoms with Gasteiger partial charge in [-0.15, -0.1) is 0 Å². The lowest BCUT2D eigenvalue weighted by Crippen LogP contribution is -2.60. The fourth-order valence-corrected chi connectivity index (χ4v) is 3.20. The monoisotopic (exact) mass is 456 g/mol. The normalized spacial score (nSPS) is 17.1. The molecule has 0 rings (SSSR count). The van der Waals surface area contributed by atoms with Crippen LogP contribution in [0.25, 0.3) is 0 Å². The smallest absolute Gasteiger partial charge is 0.326 e. The highest BCUT2D eigenvalue weighted by atomic mass is 16.4. The fourth-order valence-electron chi connectivity index (χ4n) is 3.20. The van der Waals surface area contributed by atoms with Gasteiger partial charge in [-0.3, -0.25) is 14.4 Å². The van der Waals surface area contributed by atoms with Crippen LogP contribution in [0.2, 0.25) is 0 Å². The molecule has 0 aliphatic carbocycles. The molecule has 9 heteroatoms. The Balaban J connectivity index is 5.52. The van der Waals surface area contributed by atoms with Crippen LogP contribution in [0, 0.1) is 23.7 Å². The van der Waals surface area contributed by atoms with Gasteiger partial charge in [0, 0.05) is 0 Å². The topological polar surface area (TPSA) is 151 Å². The first-order chi connectivity index (χ1) is 14.8. The molecular formula is C23H44N4O5. The minimum Gasteiger partial charge on any atom is -0.480 e. The van der Waals surface area contributed by atoms with Crippen LogP contribution in [0.4, 0.5) is 0 Å². The van der Waals surface area contributed by atoms with Crippen LogP contribution in [-0.4, -0.2) is 53.0 Å². The van der Waals surface area contributed by atoms with Crippen LogP contribution in [0.5, 0.6) is 0 Å². The number of carboxylic acid groups (broad SMARTS) is 1. The van der Waals surface area contributed by atoms with Crippen LogP contribution in [0.15, 0.2) is 0 Å². The summed E-state index contributed by atoms with van der Waals surface area (Å²) in [5.74, 6) is -3.03. The van der Waals surface area contributed by atoms with Gasteiger partial charge >= 0.3 is 5.97 Å². The molecule has 6 atom stereocenters. The number of nitrogens with two attached hydrogens (primary N) is 1. The van der Waals surface area contributed by atoms with Gasteiger partial charge in [-0.1, -0.05) is 68.2 Å². The summed E-state index contributed by atoms with van der Waals surface area (Å²) in [5, 5.41) is 17.5. The number of amides is 3. The van der Waals surface area contributed by atoms with Crippen LogP contribution in [0.1, 0.15) is 74.7 Å². The van der Waals surface area contributed by atoms with Crippen molar-refractivity contribution in [2.75, 3.05) is 0 Å². The van der Waals surface area contributed by atoms with Crippen LogP contribution >= 0.6 is 0 Å². The van der Waals surface area contributed by atoms with Gasteiger partial charge in [0.15, 0.2) is 0 Å². The Kier molecular flexibility index (Phi) is 13.1. The zero-order valence-electron chi connectivity index (χ0n) is 20.9. The first-order valence-corrected chi connectivity index (χ1v) is 11.7. The molecule has 3 amide bonds. The molecule has 6 N–H and O–H groups in total. The Labute approximate surface area is 192 Å². The fraction of sp³-hybridized carbons (Fsp3) is 0.826. The molecule has 0 radical (unpaired) electrons. The molecule has 0 unspecified atom stereocenters. The Hall–Kier alpha value is -2.16. The summed E-state index contributed by atoms with van der Waals surface area (Å²) in [5.41, 5.74) is 6.00. The molecule has 0 fully saturated rings. The van der Waals surface area contributed by atoms with Crippen molar-refractivity contribution in [1.82, 2.24) is 16.0 Å². The molecule has 0 aromatic carbocycles. The number of carbonyl (C=O) groups is 4. The lowest BCUT2D eigenvalue weighted by Gasteiger charge is -2.30. The predicted octanol–water partition coefficient (Wildman–Crippen LogP) is 1.65. The Morgan fingerprint density at radius 3 is 1.62 bits per heavy atom. The minimum atomic E-state index is -1.12. The third kappa shape index (κ3) is 9.54. The van der Waals surface area contributed by atoms with E-state index in [0.717, 1.165) is 6.42 Å². The lowest BCUT2D eigenvalue weighted by molar-refractivity contribution is -0.143. The average molecular weight is 457 g/mol. The summed E-state index contributed by atoms with van der Waals surface area (Å²) in [7, 11) is 0. The summed E-state index contributed by atoms with van der Waals surface area (Å²) in [6.45, 7) is 14.8. The van der Waals surface area contributed by atoms with Crippen molar-refractivity contribution in [3.8, 4) is 0 Å². The zero-order chi connectivity index (χ0) is 25.2. The molecule has 186 valence electrons. The first kappa shape index (κ1) is 29.8. The van der Waals surface area contributed by atoms with Gasteiger partial charge < -0.3 is 26.8 Å². The van der Waals surface area contributed by atoms with Crippen molar-refractivity contribution >= 4 is 23.7 Å². The Morgan fingerprint density at radius 2 is 1.22 bits per heavy atom. The number of hydrogen-bond donors (Lipinski definition) is 5. The molecule has 0 aromatic heterocycles. The molecule has 0 aliphatic heterocycles. The van der Waals surface area contributed by atoms with E-state index < -0.39 is 47.9 Å². The summed E-state index contributed by atoms with van der Waals surface area (Å²) in [6, 6.07) is -3.58. The maximum absolute atomic E-state index is 13.1. The number of nitrogens with one attached hydrogen (secondary N) is 3. The van der Waals surface area contributed by atoms with Crippen molar-refractivity contribution in [2.45, 2.75) is 98.8 Å². The SMILES string of the molecule is CC[C@H](C)[C@H](N)C(=O)N[C@H](C(=O)N[C@H](C(=O)N[C@@H](CC(C)C)C(=O)O)[C@@H](C)CC)C(C)C. The van der Waals surface area contributed by atoms with Gasteiger partial charge in [0.25, 0.3) is 0 Å². The van der Waals surface area contributed by atoms with Crippen molar-refractivity contribution in [2.24, 2.45) is 29.4 Å². The number of carboxylic acids is 1. The molecule has 32 heavy (non-hydrogen) atoms. The predicted molar refractivity (Wildman–Crippen MR) is 125 cm³/mol. The van der Waals surface area contributed by atoms with E-state index in [1.807, 2.05) is 41.5 Å². The summed E-state index contributed by atoms with van der Waals surface area (Å²) in [4.78, 5) is 50.1. The number of aliphatic carboxylic acids is 1. The average Bonchev–Trinajstić information content (AvgIpc) is 2.72. The second-order valence-corrected chi connectivity index (χ2v) is 9.54. The van der Waals surface area contributed by atoms with Gasteiger partial charge in [-0.2, -0.15) is 0 Å². The Morgan fingerprint density at radius 1 is 0.750 bits per heavy atom. The van der Waals surface area contributed by atoms with E-state index in [1.54, 1.807) is 13.8 Å². The third-order valence-corrected chi connectivity index (χ3v) is 5.92. The maximum atomic E-state index is 13.1. The summed E-state index contributed by atoms with van der Waals surface area (Å²) in [6.07, 6.45) is 1.60. The highest BCUT2D eigenvalue weighted by Crippen LogP contribution is 2.13. The first-order valence-electron chi connectivity index (χ1n) is 11.7. The van der Waals surface area contributed by atoms with Crippen LogP contribution in [0.3, 0.4) is 0 Å². The molecule has 0 spiro atoms. The molecule has 0 aromatic rings. The van der Waals surface area contributed by atoms with Crippen LogP contribution in [-0.2, 0) is 19.2 Å². The largest absolute Gasteiger partial charge is 0.480 e. The third-order valence-electron chi connectivity index (χ3n) is 5.92. The van der Waals surface area contributed by atoms with Crippen molar-refractivity contribution in [3.05, 3.63) is 0 Å². The van der Waals surface area contributed by atoms with Crippen molar-refractivity contribution < 1.29 is 24.3 Å². The molecular weight excluding hydrogens is 412 g/mol. The van der Waals surface area contributed by atoms with Gasteiger partial charge in [0.1, 0.15) is 18.1 Å². The second-order valence-electron chi connectivity index (χ2n) is 9.54. The van der Waals surface area contributed by atoms with E-state index in [0.29, 0.717) is 6.42 Å². The Bertz CT molecular complexity index is 638.